The SMILES string of the molecule is COCOc1c(C(C)(C)C)cc(C=[N+]([O-])Cc2ccccc2)cc1C(C)(C)C. The third-order valence-electron chi connectivity index (χ3n) is 4.52. The Bertz CT molecular complexity index is 777. The molecule has 0 unspecified atom stereocenters. The molecule has 4 heteroatoms. The van der Waals surface area contributed by atoms with Gasteiger partial charge in [-0.05, 0) is 23.0 Å². The summed E-state index contributed by atoms with van der Waals surface area (Å²) >= 11 is 0. The first-order valence-corrected chi connectivity index (χ1v) is 9.65. The van der Waals surface area contributed by atoms with Gasteiger partial charge in [0.25, 0.3) is 0 Å². The van der Waals surface area contributed by atoms with Crippen molar-refractivity contribution < 1.29 is 14.2 Å². The molecule has 0 aromatic heterocycles. The average molecular weight is 384 g/mol. The number of benzene rings is 2. The highest BCUT2D eigenvalue weighted by molar-refractivity contribution is 5.78. The van der Waals surface area contributed by atoms with Crippen molar-refractivity contribution in [1.29, 1.82) is 0 Å². The summed E-state index contributed by atoms with van der Waals surface area (Å²) in [7, 11) is 1.62. The minimum Gasteiger partial charge on any atom is -0.624 e. The molecular weight excluding hydrogens is 350 g/mol. The van der Waals surface area contributed by atoms with Gasteiger partial charge in [0, 0.05) is 29.4 Å². The highest BCUT2D eigenvalue weighted by Crippen LogP contribution is 2.40. The minimum atomic E-state index is -0.139. The van der Waals surface area contributed by atoms with Crippen molar-refractivity contribution in [2.45, 2.75) is 58.9 Å². The summed E-state index contributed by atoms with van der Waals surface area (Å²) in [6, 6.07) is 13.9. The average Bonchev–Trinajstić information content (AvgIpc) is 2.59. The molecule has 0 spiro atoms. The third-order valence-corrected chi connectivity index (χ3v) is 4.52. The van der Waals surface area contributed by atoms with E-state index in [1.807, 2.05) is 30.3 Å². The van der Waals surface area contributed by atoms with Gasteiger partial charge in [0.05, 0.1) is 0 Å². The topological polar surface area (TPSA) is 44.5 Å². The fraction of sp³-hybridized carbons (Fsp3) is 0.458. The molecule has 0 heterocycles. The Morgan fingerprint density at radius 2 is 1.46 bits per heavy atom. The molecule has 2 aromatic carbocycles. The van der Waals surface area contributed by atoms with Crippen molar-refractivity contribution in [3.63, 3.8) is 0 Å². The van der Waals surface area contributed by atoms with Crippen molar-refractivity contribution >= 4 is 6.21 Å². The van der Waals surface area contributed by atoms with Gasteiger partial charge < -0.3 is 14.7 Å². The van der Waals surface area contributed by atoms with Gasteiger partial charge in [-0.3, -0.25) is 0 Å². The molecule has 0 atom stereocenters. The van der Waals surface area contributed by atoms with Crippen LogP contribution in [0.3, 0.4) is 0 Å². The fourth-order valence-electron chi connectivity index (χ4n) is 3.09. The minimum absolute atomic E-state index is 0.139. The maximum absolute atomic E-state index is 12.6. The van der Waals surface area contributed by atoms with Crippen LogP contribution in [-0.4, -0.2) is 24.9 Å². The second-order valence-corrected chi connectivity index (χ2v) is 9.19. The van der Waals surface area contributed by atoms with Crippen LogP contribution in [-0.2, 0) is 22.1 Å². The Labute approximate surface area is 169 Å². The maximum Gasteiger partial charge on any atom is 0.188 e. The van der Waals surface area contributed by atoms with E-state index >= 15 is 0 Å². The van der Waals surface area contributed by atoms with Crippen LogP contribution >= 0.6 is 0 Å². The van der Waals surface area contributed by atoms with E-state index in [-0.39, 0.29) is 17.6 Å². The van der Waals surface area contributed by atoms with E-state index < -0.39 is 0 Å². The number of hydrogen-bond donors (Lipinski definition) is 0. The first-order chi connectivity index (χ1) is 13.0. The summed E-state index contributed by atoms with van der Waals surface area (Å²) in [5.41, 5.74) is 3.72. The zero-order valence-corrected chi connectivity index (χ0v) is 18.2. The molecule has 0 bridgehead atoms. The van der Waals surface area contributed by atoms with Crippen molar-refractivity contribution in [2.24, 2.45) is 0 Å². The molecule has 0 aliphatic heterocycles. The summed E-state index contributed by atoms with van der Waals surface area (Å²) in [5, 5.41) is 12.6. The van der Waals surface area contributed by atoms with Crippen LogP contribution in [0.25, 0.3) is 0 Å². The number of ether oxygens (including phenoxy) is 2. The van der Waals surface area contributed by atoms with Crippen molar-refractivity contribution in [2.75, 3.05) is 13.9 Å². The van der Waals surface area contributed by atoms with Crippen LogP contribution in [0, 0.1) is 5.21 Å². The molecule has 4 nitrogen and oxygen atoms in total. The van der Waals surface area contributed by atoms with Crippen LogP contribution in [0.4, 0.5) is 0 Å². The Kier molecular flexibility index (Phi) is 6.89. The first kappa shape index (κ1) is 22.0. The van der Waals surface area contributed by atoms with Crippen LogP contribution in [0.2, 0.25) is 0 Å². The van der Waals surface area contributed by atoms with Gasteiger partial charge in [-0.1, -0.05) is 71.9 Å². The van der Waals surface area contributed by atoms with Crippen LogP contribution in [0.15, 0.2) is 42.5 Å². The van der Waals surface area contributed by atoms with Crippen LogP contribution in [0.5, 0.6) is 5.75 Å². The summed E-state index contributed by atoms with van der Waals surface area (Å²) in [5.74, 6) is 0.847. The molecule has 0 N–H and O–H groups in total. The van der Waals surface area contributed by atoms with Crippen molar-refractivity contribution in [1.82, 2.24) is 0 Å². The molecule has 152 valence electrons. The fourth-order valence-corrected chi connectivity index (χ4v) is 3.09. The predicted octanol–water partition coefficient (Wildman–Crippen LogP) is 5.39. The molecule has 0 fully saturated rings. The Morgan fingerprint density at radius 3 is 1.93 bits per heavy atom. The first-order valence-electron chi connectivity index (χ1n) is 9.65. The van der Waals surface area contributed by atoms with Gasteiger partial charge in [0.2, 0.25) is 0 Å². The highest BCUT2D eigenvalue weighted by atomic mass is 16.7. The summed E-state index contributed by atoms with van der Waals surface area (Å²) in [6.45, 7) is 13.4. The number of methoxy groups -OCH3 is 1. The molecule has 2 aromatic rings. The Morgan fingerprint density at radius 1 is 0.929 bits per heavy atom. The Hall–Kier alpha value is -2.33. The smallest absolute Gasteiger partial charge is 0.188 e. The second-order valence-electron chi connectivity index (χ2n) is 9.19. The molecule has 0 saturated carbocycles. The molecular formula is C24H33NO3. The molecule has 28 heavy (non-hydrogen) atoms. The molecule has 0 amide bonds. The molecule has 0 aliphatic carbocycles. The van der Waals surface area contributed by atoms with Gasteiger partial charge in [-0.15, -0.1) is 0 Å². The summed E-state index contributed by atoms with van der Waals surface area (Å²) in [6.07, 6.45) is 1.66. The largest absolute Gasteiger partial charge is 0.624 e. The predicted molar refractivity (Wildman–Crippen MR) is 115 cm³/mol. The van der Waals surface area contributed by atoms with Gasteiger partial charge in [-0.25, -0.2) is 4.74 Å². The lowest BCUT2D eigenvalue weighted by Crippen LogP contribution is -2.21. The van der Waals surface area contributed by atoms with E-state index in [0.717, 1.165) is 32.7 Å². The van der Waals surface area contributed by atoms with E-state index in [9.17, 15) is 5.21 Å². The molecule has 0 saturated heterocycles. The van der Waals surface area contributed by atoms with E-state index in [0.29, 0.717) is 6.54 Å². The maximum atomic E-state index is 12.6. The van der Waals surface area contributed by atoms with E-state index in [4.69, 9.17) is 9.47 Å². The summed E-state index contributed by atoms with van der Waals surface area (Å²) in [4.78, 5) is 0. The van der Waals surface area contributed by atoms with Crippen LogP contribution in [0.1, 0.15) is 63.8 Å². The lowest BCUT2D eigenvalue weighted by Gasteiger charge is -2.30. The standard InChI is InChI=1S/C24H33NO3/c1-23(2,3)20-13-19(16-25(26)15-18-11-9-8-10-12-18)14-21(24(4,5)6)22(20)28-17-27-7/h8-14,16H,15,17H2,1-7H3. The van der Waals surface area contributed by atoms with Gasteiger partial charge in [-0.2, -0.15) is 0 Å². The third kappa shape index (κ3) is 5.83. The zero-order chi connectivity index (χ0) is 20.9. The van der Waals surface area contributed by atoms with Gasteiger partial charge >= 0.3 is 0 Å². The number of hydroxylamine groups is 1. The van der Waals surface area contributed by atoms with E-state index in [1.165, 1.54) is 0 Å². The normalized spacial score (nSPS) is 12.9. The molecule has 2 rings (SSSR count). The number of nitrogens with zero attached hydrogens (tertiary/aromatic N) is 1. The second kappa shape index (κ2) is 8.78. The quantitative estimate of drug-likeness (QED) is 0.221. The molecule has 0 radical (unpaired) electrons. The zero-order valence-electron chi connectivity index (χ0n) is 18.2. The van der Waals surface area contributed by atoms with Crippen molar-refractivity contribution in [3.05, 3.63) is 69.9 Å². The van der Waals surface area contributed by atoms with Gasteiger partial charge in [0.1, 0.15) is 5.75 Å². The van der Waals surface area contributed by atoms with Crippen LogP contribution < -0.4 is 4.74 Å². The Balaban J connectivity index is 2.54. The van der Waals surface area contributed by atoms with E-state index in [2.05, 4.69) is 53.7 Å². The monoisotopic (exact) mass is 383 g/mol. The van der Waals surface area contributed by atoms with Crippen molar-refractivity contribution in [3.8, 4) is 5.75 Å². The summed E-state index contributed by atoms with van der Waals surface area (Å²) < 4.78 is 12.1. The lowest BCUT2D eigenvalue weighted by molar-refractivity contribution is -0.469. The van der Waals surface area contributed by atoms with E-state index in [1.54, 1.807) is 13.3 Å². The van der Waals surface area contributed by atoms with Gasteiger partial charge in [0.15, 0.2) is 19.6 Å². The number of rotatable bonds is 6. The lowest BCUT2D eigenvalue weighted by atomic mass is 9.78. The number of hydrogen-bond acceptors (Lipinski definition) is 3. The molecule has 0 aliphatic rings. The highest BCUT2D eigenvalue weighted by Gasteiger charge is 2.28.